The summed E-state index contributed by atoms with van der Waals surface area (Å²) in [5, 5.41) is 11.6. The maximum absolute atomic E-state index is 11.3. The monoisotopic (exact) mass is 424 g/mol. The highest BCUT2D eigenvalue weighted by molar-refractivity contribution is 9.10. The third-order valence-corrected chi connectivity index (χ3v) is 6.15. The summed E-state index contributed by atoms with van der Waals surface area (Å²) in [6.07, 6.45) is 5.07. The Morgan fingerprint density at radius 1 is 1.11 bits per heavy atom. The number of aromatic nitrogens is 1. The molecule has 0 bridgehead atoms. The molecule has 0 saturated carbocycles. The maximum atomic E-state index is 11.3. The number of hydrogen-bond donors (Lipinski definition) is 1. The molecule has 1 fully saturated rings. The van der Waals surface area contributed by atoms with E-state index in [2.05, 4.69) is 62.2 Å². The standard InChI is InChI=1S/C22H21BrN2O2/c23-20-4-2-1-3-19(20)21(25-11-8-15(9-12-25)22(26)27)17-5-6-18-14-24-10-7-16(18)13-17/h1-7,10,13-15,21H,8-9,11-12H2,(H,26,27). The maximum Gasteiger partial charge on any atom is 0.306 e. The van der Waals surface area contributed by atoms with E-state index in [0.29, 0.717) is 12.8 Å². The minimum Gasteiger partial charge on any atom is -0.481 e. The first kappa shape index (κ1) is 18.1. The van der Waals surface area contributed by atoms with Crippen LogP contribution in [-0.2, 0) is 4.79 Å². The fourth-order valence-electron chi connectivity index (χ4n) is 3.96. The van der Waals surface area contributed by atoms with Crippen LogP contribution in [0.4, 0.5) is 0 Å². The average molecular weight is 425 g/mol. The summed E-state index contributed by atoms with van der Waals surface area (Å²) >= 11 is 3.71. The number of piperidine rings is 1. The Balaban J connectivity index is 1.74. The molecule has 4 rings (SSSR count). The fourth-order valence-corrected chi connectivity index (χ4v) is 4.46. The van der Waals surface area contributed by atoms with Crippen molar-refractivity contribution in [2.75, 3.05) is 13.1 Å². The number of rotatable bonds is 4. The molecule has 5 heteroatoms. The van der Waals surface area contributed by atoms with Gasteiger partial charge in [0.25, 0.3) is 0 Å². The molecule has 4 nitrogen and oxygen atoms in total. The zero-order valence-corrected chi connectivity index (χ0v) is 16.5. The molecule has 0 amide bonds. The van der Waals surface area contributed by atoms with Gasteiger partial charge in [-0.2, -0.15) is 0 Å². The van der Waals surface area contributed by atoms with E-state index in [1.807, 2.05) is 24.5 Å². The van der Waals surface area contributed by atoms with Crippen LogP contribution in [0.25, 0.3) is 10.8 Å². The third-order valence-electron chi connectivity index (χ3n) is 5.42. The van der Waals surface area contributed by atoms with E-state index >= 15 is 0 Å². The number of nitrogens with zero attached hydrogens (tertiary/aromatic N) is 2. The molecule has 1 saturated heterocycles. The second-order valence-corrected chi connectivity index (χ2v) is 7.91. The zero-order valence-electron chi connectivity index (χ0n) is 14.9. The summed E-state index contributed by atoms with van der Waals surface area (Å²) in [4.78, 5) is 17.9. The minimum absolute atomic E-state index is 0.0906. The highest BCUT2D eigenvalue weighted by Gasteiger charge is 2.31. The molecule has 1 unspecified atom stereocenters. The van der Waals surface area contributed by atoms with Gasteiger partial charge in [0, 0.05) is 22.3 Å². The van der Waals surface area contributed by atoms with E-state index in [1.165, 1.54) is 16.5 Å². The molecule has 0 radical (unpaired) electrons. The SMILES string of the molecule is O=C(O)C1CCN(C(c2ccc3cnccc3c2)c2ccccc2Br)CC1. The Morgan fingerprint density at radius 2 is 1.89 bits per heavy atom. The molecule has 0 spiro atoms. The Labute approximate surface area is 167 Å². The number of carboxylic acid groups (broad SMARTS) is 1. The summed E-state index contributed by atoms with van der Waals surface area (Å²) in [6.45, 7) is 1.55. The van der Waals surface area contributed by atoms with E-state index in [-0.39, 0.29) is 12.0 Å². The van der Waals surface area contributed by atoms with Crippen molar-refractivity contribution < 1.29 is 9.90 Å². The number of benzene rings is 2. The molecule has 27 heavy (non-hydrogen) atoms. The van der Waals surface area contributed by atoms with Gasteiger partial charge in [0.05, 0.1) is 12.0 Å². The smallest absolute Gasteiger partial charge is 0.306 e. The van der Waals surface area contributed by atoms with Crippen LogP contribution in [0.15, 0.2) is 65.4 Å². The quantitative estimate of drug-likeness (QED) is 0.647. The number of carbonyl (C=O) groups is 1. The van der Waals surface area contributed by atoms with Crippen LogP contribution in [-0.4, -0.2) is 34.0 Å². The Bertz CT molecular complexity index is 967. The van der Waals surface area contributed by atoms with Gasteiger partial charge in [-0.25, -0.2) is 0 Å². The number of fused-ring (bicyclic) bond motifs is 1. The molecular weight excluding hydrogens is 404 g/mol. The van der Waals surface area contributed by atoms with Gasteiger partial charge in [0.2, 0.25) is 0 Å². The van der Waals surface area contributed by atoms with Crippen molar-refractivity contribution in [3.63, 3.8) is 0 Å². The highest BCUT2D eigenvalue weighted by atomic mass is 79.9. The molecule has 2 aromatic carbocycles. The first-order valence-electron chi connectivity index (χ1n) is 9.18. The van der Waals surface area contributed by atoms with Crippen LogP contribution in [0.1, 0.15) is 30.0 Å². The molecule has 1 aliphatic heterocycles. The summed E-state index contributed by atoms with van der Waals surface area (Å²) in [7, 11) is 0. The number of pyridine rings is 1. The highest BCUT2D eigenvalue weighted by Crippen LogP contribution is 2.37. The molecule has 0 aliphatic carbocycles. The molecule has 1 aromatic heterocycles. The predicted octanol–water partition coefficient (Wildman–Crippen LogP) is 4.88. The van der Waals surface area contributed by atoms with Crippen LogP contribution >= 0.6 is 15.9 Å². The Kier molecular flexibility index (Phi) is 5.23. The van der Waals surface area contributed by atoms with Gasteiger partial charge in [0.1, 0.15) is 0 Å². The number of likely N-dealkylation sites (tertiary alicyclic amines) is 1. The van der Waals surface area contributed by atoms with Crippen molar-refractivity contribution in [3.05, 3.63) is 76.5 Å². The molecule has 138 valence electrons. The van der Waals surface area contributed by atoms with Crippen molar-refractivity contribution in [2.45, 2.75) is 18.9 Å². The molecule has 1 atom stereocenters. The molecule has 1 N–H and O–H groups in total. The van der Waals surface area contributed by atoms with Gasteiger partial charge in [-0.3, -0.25) is 14.7 Å². The van der Waals surface area contributed by atoms with Crippen LogP contribution in [0.3, 0.4) is 0 Å². The van der Waals surface area contributed by atoms with Gasteiger partial charge >= 0.3 is 5.97 Å². The van der Waals surface area contributed by atoms with Gasteiger partial charge in [-0.15, -0.1) is 0 Å². The van der Waals surface area contributed by atoms with Gasteiger partial charge in [-0.1, -0.05) is 46.3 Å². The van der Waals surface area contributed by atoms with Crippen molar-refractivity contribution in [1.82, 2.24) is 9.88 Å². The van der Waals surface area contributed by atoms with E-state index < -0.39 is 5.97 Å². The summed E-state index contributed by atoms with van der Waals surface area (Å²) in [5.41, 5.74) is 2.43. The van der Waals surface area contributed by atoms with Crippen LogP contribution in [0.2, 0.25) is 0 Å². The van der Waals surface area contributed by atoms with Crippen LogP contribution in [0, 0.1) is 5.92 Å². The van der Waals surface area contributed by atoms with Crippen molar-refractivity contribution in [3.8, 4) is 0 Å². The fraction of sp³-hybridized carbons (Fsp3) is 0.273. The topological polar surface area (TPSA) is 53.4 Å². The van der Waals surface area contributed by atoms with Crippen molar-refractivity contribution >= 4 is 32.7 Å². The van der Waals surface area contributed by atoms with E-state index in [1.54, 1.807) is 0 Å². The Hall–Kier alpha value is -2.24. The molecular formula is C22H21BrN2O2. The molecule has 1 aliphatic rings. The van der Waals surface area contributed by atoms with Crippen molar-refractivity contribution in [2.24, 2.45) is 5.92 Å². The second kappa shape index (κ2) is 7.79. The van der Waals surface area contributed by atoms with E-state index in [9.17, 15) is 9.90 Å². The molecule has 3 aromatic rings. The van der Waals surface area contributed by atoms with Gasteiger partial charge in [0.15, 0.2) is 0 Å². The number of hydrogen-bond acceptors (Lipinski definition) is 3. The number of aliphatic carboxylic acids is 1. The lowest BCUT2D eigenvalue weighted by Crippen LogP contribution is -2.39. The zero-order chi connectivity index (χ0) is 18.8. The lowest BCUT2D eigenvalue weighted by molar-refractivity contribution is -0.143. The first-order valence-corrected chi connectivity index (χ1v) is 9.98. The minimum atomic E-state index is -0.676. The summed E-state index contributed by atoms with van der Waals surface area (Å²) in [6, 6.07) is 16.9. The summed E-state index contributed by atoms with van der Waals surface area (Å²) in [5.74, 6) is -0.908. The number of carboxylic acids is 1. The first-order chi connectivity index (χ1) is 13.1. The third kappa shape index (κ3) is 3.75. The van der Waals surface area contributed by atoms with E-state index in [0.717, 1.165) is 22.9 Å². The average Bonchev–Trinajstić information content (AvgIpc) is 2.70. The van der Waals surface area contributed by atoms with E-state index in [4.69, 9.17) is 0 Å². The van der Waals surface area contributed by atoms with Gasteiger partial charge in [-0.05, 0) is 60.6 Å². The normalized spacial score (nSPS) is 17.1. The van der Waals surface area contributed by atoms with Crippen molar-refractivity contribution in [1.29, 1.82) is 0 Å². The number of halogens is 1. The lowest BCUT2D eigenvalue weighted by Gasteiger charge is -2.37. The predicted molar refractivity (Wildman–Crippen MR) is 110 cm³/mol. The van der Waals surface area contributed by atoms with Crippen LogP contribution < -0.4 is 0 Å². The second-order valence-electron chi connectivity index (χ2n) is 7.05. The van der Waals surface area contributed by atoms with Crippen LogP contribution in [0.5, 0.6) is 0 Å². The Morgan fingerprint density at radius 3 is 2.63 bits per heavy atom. The lowest BCUT2D eigenvalue weighted by atomic mass is 9.90. The summed E-state index contributed by atoms with van der Waals surface area (Å²) < 4.78 is 1.07. The molecule has 2 heterocycles. The van der Waals surface area contributed by atoms with Gasteiger partial charge < -0.3 is 5.11 Å². The largest absolute Gasteiger partial charge is 0.481 e.